The number of hydrogen-bond donors (Lipinski definition) is 1. The predicted octanol–water partition coefficient (Wildman–Crippen LogP) is 1.96. The zero-order chi connectivity index (χ0) is 13.1. The maximum atomic E-state index is 5.29. The summed E-state index contributed by atoms with van der Waals surface area (Å²) in [5.41, 5.74) is 4.65. The monoisotopic (exact) mass is 256 g/mol. The minimum atomic E-state index is 0.272. The number of ether oxygens (including phenoxy) is 2. The molecule has 1 aliphatic heterocycles. The Balaban J connectivity index is 1.69. The molecule has 0 saturated carbocycles. The van der Waals surface area contributed by atoms with Gasteiger partial charge >= 0.3 is 0 Å². The summed E-state index contributed by atoms with van der Waals surface area (Å²) < 4.78 is 10.5. The van der Waals surface area contributed by atoms with E-state index in [1.165, 1.54) is 6.33 Å². The van der Waals surface area contributed by atoms with Crippen LogP contribution in [0.2, 0.25) is 0 Å². The molecule has 0 unspecified atom stereocenters. The second-order valence-electron chi connectivity index (χ2n) is 4.03. The van der Waals surface area contributed by atoms with Crippen molar-refractivity contribution in [1.82, 2.24) is 9.97 Å². The molecule has 2 heterocycles. The number of aryl methyl sites for hydroxylation is 1. The van der Waals surface area contributed by atoms with E-state index in [2.05, 4.69) is 20.5 Å². The van der Waals surface area contributed by atoms with Gasteiger partial charge in [0.2, 0.25) is 6.79 Å². The van der Waals surface area contributed by atoms with Gasteiger partial charge in [-0.2, -0.15) is 5.10 Å². The van der Waals surface area contributed by atoms with Crippen LogP contribution in [-0.2, 0) is 0 Å². The molecule has 1 aromatic heterocycles. The first-order valence-corrected chi connectivity index (χ1v) is 5.79. The first kappa shape index (κ1) is 11.5. The van der Waals surface area contributed by atoms with Gasteiger partial charge in [0.15, 0.2) is 11.5 Å². The fraction of sp³-hybridized carbons (Fsp3) is 0.154. The highest BCUT2D eigenvalue weighted by molar-refractivity contribution is 5.81. The van der Waals surface area contributed by atoms with Crippen molar-refractivity contribution >= 4 is 12.0 Å². The molecule has 0 atom stereocenters. The van der Waals surface area contributed by atoms with Crippen LogP contribution in [0.5, 0.6) is 11.5 Å². The molecule has 0 amide bonds. The molecule has 3 rings (SSSR count). The quantitative estimate of drug-likeness (QED) is 0.671. The van der Waals surface area contributed by atoms with Gasteiger partial charge in [-0.1, -0.05) is 0 Å². The Morgan fingerprint density at radius 1 is 1.21 bits per heavy atom. The molecular formula is C13H12N4O2. The summed E-state index contributed by atoms with van der Waals surface area (Å²) >= 11 is 0. The van der Waals surface area contributed by atoms with Gasteiger partial charge in [0.05, 0.1) is 6.21 Å². The van der Waals surface area contributed by atoms with Gasteiger partial charge in [-0.05, 0) is 30.7 Å². The third-order valence-electron chi connectivity index (χ3n) is 2.59. The summed E-state index contributed by atoms with van der Waals surface area (Å²) in [6.07, 6.45) is 3.19. The van der Waals surface area contributed by atoms with E-state index in [-0.39, 0.29) is 6.79 Å². The Hall–Kier alpha value is -2.63. The number of aromatic nitrogens is 2. The normalized spacial score (nSPS) is 12.9. The first-order valence-electron chi connectivity index (χ1n) is 5.79. The summed E-state index contributed by atoms with van der Waals surface area (Å²) in [5.74, 6) is 2.16. The van der Waals surface area contributed by atoms with Crippen LogP contribution in [0.3, 0.4) is 0 Å². The number of hydrogen-bond acceptors (Lipinski definition) is 6. The highest BCUT2D eigenvalue weighted by Gasteiger charge is 2.12. The van der Waals surface area contributed by atoms with Gasteiger partial charge in [0, 0.05) is 11.8 Å². The summed E-state index contributed by atoms with van der Waals surface area (Å²) in [4.78, 5) is 8.06. The van der Waals surface area contributed by atoms with Gasteiger partial charge in [-0.25, -0.2) is 9.97 Å². The number of anilines is 1. The average molecular weight is 256 g/mol. The van der Waals surface area contributed by atoms with Crippen molar-refractivity contribution in [3.8, 4) is 11.5 Å². The Morgan fingerprint density at radius 3 is 3.00 bits per heavy atom. The van der Waals surface area contributed by atoms with Crippen LogP contribution in [0.25, 0.3) is 0 Å². The minimum absolute atomic E-state index is 0.272. The van der Waals surface area contributed by atoms with E-state index in [0.29, 0.717) is 5.82 Å². The Labute approximate surface area is 110 Å². The Bertz CT molecular complexity index is 628. The summed E-state index contributed by atoms with van der Waals surface area (Å²) in [6.45, 7) is 2.17. The molecule has 0 spiro atoms. The largest absolute Gasteiger partial charge is 0.454 e. The van der Waals surface area contributed by atoms with E-state index in [4.69, 9.17) is 9.47 Å². The van der Waals surface area contributed by atoms with Crippen molar-refractivity contribution in [2.45, 2.75) is 6.92 Å². The van der Waals surface area contributed by atoms with E-state index in [9.17, 15) is 0 Å². The lowest BCUT2D eigenvalue weighted by atomic mass is 10.2. The third-order valence-corrected chi connectivity index (χ3v) is 2.59. The highest BCUT2D eigenvalue weighted by Crippen LogP contribution is 2.31. The number of rotatable bonds is 3. The molecule has 0 fully saturated rings. The molecule has 2 aromatic rings. The van der Waals surface area contributed by atoms with Gasteiger partial charge in [0.1, 0.15) is 12.1 Å². The SMILES string of the molecule is Cc1cc(NN=Cc2ccc3c(c2)OCO3)ncn1. The second-order valence-corrected chi connectivity index (χ2v) is 4.03. The number of nitrogens with zero attached hydrogens (tertiary/aromatic N) is 3. The molecule has 0 bridgehead atoms. The summed E-state index contributed by atoms with van der Waals surface area (Å²) in [7, 11) is 0. The highest BCUT2D eigenvalue weighted by atomic mass is 16.7. The minimum Gasteiger partial charge on any atom is -0.454 e. The van der Waals surface area contributed by atoms with Gasteiger partial charge in [0.25, 0.3) is 0 Å². The lowest BCUT2D eigenvalue weighted by Gasteiger charge is -2.00. The molecule has 19 heavy (non-hydrogen) atoms. The smallest absolute Gasteiger partial charge is 0.231 e. The van der Waals surface area contributed by atoms with Crippen LogP contribution >= 0.6 is 0 Å². The molecule has 0 radical (unpaired) electrons. The van der Waals surface area contributed by atoms with Gasteiger partial charge in [-0.15, -0.1) is 0 Å². The third kappa shape index (κ3) is 2.62. The topological polar surface area (TPSA) is 68.6 Å². The van der Waals surface area contributed by atoms with Crippen molar-refractivity contribution in [3.63, 3.8) is 0 Å². The molecule has 96 valence electrons. The van der Waals surface area contributed by atoms with E-state index in [1.807, 2.05) is 31.2 Å². The second kappa shape index (κ2) is 4.93. The van der Waals surface area contributed by atoms with Crippen molar-refractivity contribution in [1.29, 1.82) is 0 Å². The zero-order valence-corrected chi connectivity index (χ0v) is 10.3. The van der Waals surface area contributed by atoms with Crippen LogP contribution in [-0.4, -0.2) is 23.0 Å². The van der Waals surface area contributed by atoms with Crippen LogP contribution in [0.15, 0.2) is 35.7 Å². The molecular weight excluding hydrogens is 244 g/mol. The van der Waals surface area contributed by atoms with Gasteiger partial charge in [-0.3, -0.25) is 5.43 Å². The summed E-state index contributed by atoms with van der Waals surface area (Å²) in [5, 5.41) is 4.12. The van der Waals surface area contributed by atoms with Crippen LogP contribution < -0.4 is 14.9 Å². The molecule has 0 aliphatic carbocycles. The maximum Gasteiger partial charge on any atom is 0.231 e. The Morgan fingerprint density at radius 2 is 2.11 bits per heavy atom. The molecule has 6 heteroatoms. The standard InChI is InChI=1S/C13H12N4O2/c1-9-4-13(15-7-14-9)17-16-6-10-2-3-11-12(5-10)19-8-18-11/h2-7H,8H2,1H3,(H,14,15,17). The lowest BCUT2D eigenvalue weighted by molar-refractivity contribution is 0.174. The number of fused-ring (bicyclic) bond motifs is 1. The Kier molecular flexibility index (Phi) is 2.97. The van der Waals surface area contributed by atoms with Crippen LogP contribution in [0.1, 0.15) is 11.3 Å². The maximum absolute atomic E-state index is 5.29. The van der Waals surface area contributed by atoms with Crippen LogP contribution in [0.4, 0.5) is 5.82 Å². The molecule has 1 aliphatic rings. The van der Waals surface area contributed by atoms with E-state index < -0.39 is 0 Å². The van der Waals surface area contributed by atoms with Gasteiger partial charge < -0.3 is 9.47 Å². The molecule has 1 aromatic carbocycles. The fourth-order valence-corrected chi connectivity index (χ4v) is 1.68. The van der Waals surface area contributed by atoms with Crippen molar-refractivity contribution in [2.24, 2.45) is 5.10 Å². The lowest BCUT2D eigenvalue weighted by Crippen LogP contribution is -1.95. The average Bonchev–Trinajstić information content (AvgIpc) is 2.86. The molecule has 0 saturated heterocycles. The number of nitrogens with one attached hydrogen (secondary N) is 1. The van der Waals surface area contributed by atoms with Crippen LogP contribution in [0, 0.1) is 6.92 Å². The van der Waals surface area contributed by atoms with Crippen molar-refractivity contribution in [2.75, 3.05) is 12.2 Å². The number of benzene rings is 1. The number of hydrazone groups is 1. The fourth-order valence-electron chi connectivity index (χ4n) is 1.68. The molecule has 6 nitrogen and oxygen atoms in total. The van der Waals surface area contributed by atoms with E-state index in [1.54, 1.807) is 6.21 Å². The molecule has 1 N–H and O–H groups in total. The zero-order valence-electron chi connectivity index (χ0n) is 10.3. The van der Waals surface area contributed by atoms with E-state index >= 15 is 0 Å². The van der Waals surface area contributed by atoms with Crippen molar-refractivity contribution < 1.29 is 9.47 Å². The predicted molar refractivity (Wildman–Crippen MR) is 70.6 cm³/mol. The summed E-state index contributed by atoms with van der Waals surface area (Å²) in [6, 6.07) is 7.46. The van der Waals surface area contributed by atoms with Crippen molar-refractivity contribution in [3.05, 3.63) is 41.9 Å². The first-order chi connectivity index (χ1) is 9.31. The van der Waals surface area contributed by atoms with E-state index in [0.717, 1.165) is 22.8 Å².